The summed E-state index contributed by atoms with van der Waals surface area (Å²) in [5.74, 6) is 0.301. The predicted octanol–water partition coefficient (Wildman–Crippen LogP) is 3.43. The molecule has 0 radical (unpaired) electrons. The number of carbonyl (C=O) groups excluding carboxylic acids is 1. The molecular formula is C16H21N3OS. The second-order valence-electron chi connectivity index (χ2n) is 6.17. The molecule has 1 aromatic carbocycles. The molecule has 1 saturated carbocycles. The molecule has 0 spiro atoms. The summed E-state index contributed by atoms with van der Waals surface area (Å²) in [7, 11) is 0. The second kappa shape index (κ2) is 5.37. The van der Waals surface area contributed by atoms with Crippen molar-refractivity contribution in [2.45, 2.75) is 44.4 Å². The van der Waals surface area contributed by atoms with Crippen molar-refractivity contribution >= 4 is 28.4 Å². The van der Waals surface area contributed by atoms with Crippen LogP contribution in [-0.4, -0.2) is 20.8 Å². The summed E-state index contributed by atoms with van der Waals surface area (Å²) in [5.41, 5.74) is 7.65. The van der Waals surface area contributed by atoms with Crippen molar-refractivity contribution in [2.24, 2.45) is 11.0 Å². The number of thioether (sulfide) groups is 1. The van der Waals surface area contributed by atoms with Crippen LogP contribution in [-0.2, 0) is 4.79 Å². The van der Waals surface area contributed by atoms with Gasteiger partial charge in [0.25, 0.3) is 0 Å². The van der Waals surface area contributed by atoms with Gasteiger partial charge in [-0.3, -0.25) is 4.79 Å². The molecule has 1 aliphatic heterocycles. The van der Waals surface area contributed by atoms with Gasteiger partial charge in [0.1, 0.15) is 9.91 Å². The molecule has 3 rings (SSSR count). The van der Waals surface area contributed by atoms with Crippen LogP contribution < -0.4 is 5.73 Å². The van der Waals surface area contributed by atoms with Gasteiger partial charge in [-0.15, -0.1) is 0 Å². The summed E-state index contributed by atoms with van der Waals surface area (Å²) in [5, 5.41) is 7.11. The smallest absolute Gasteiger partial charge is 0.247 e. The number of carbonyl (C=O) groups is 1. The van der Waals surface area contributed by atoms with E-state index >= 15 is 0 Å². The zero-order chi connectivity index (χ0) is 15.0. The first-order valence-electron chi connectivity index (χ1n) is 7.45. The van der Waals surface area contributed by atoms with E-state index in [1.54, 1.807) is 16.8 Å². The number of para-hydroxylation sites is 1. The molecule has 0 bridgehead atoms. The molecule has 1 heterocycles. The van der Waals surface area contributed by atoms with Crippen LogP contribution in [0.5, 0.6) is 0 Å². The van der Waals surface area contributed by atoms with Gasteiger partial charge in [-0.25, -0.2) is 5.01 Å². The summed E-state index contributed by atoms with van der Waals surface area (Å²) in [6, 6.07) is 7.68. The highest BCUT2D eigenvalue weighted by Crippen LogP contribution is 2.42. The zero-order valence-electron chi connectivity index (χ0n) is 12.5. The highest BCUT2D eigenvalue weighted by atomic mass is 32.2. The largest absolute Gasteiger partial charge is 0.398 e. The van der Waals surface area contributed by atoms with E-state index < -0.39 is 0 Å². The third-order valence-corrected chi connectivity index (χ3v) is 5.32. The molecule has 2 N–H and O–H groups in total. The lowest BCUT2D eigenvalue weighted by atomic mass is 10.1. The Hall–Kier alpha value is -1.49. The first kappa shape index (κ1) is 14.4. The molecule has 0 atom stereocenters. The van der Waals surface area contributed by atoms with E-state index in [1.807, 2.05) is 38.1 Å². The zero-order valence-corrected chi connectivity index (χ0v) is 13.3. The molecule has 0 saturated heterocycles. The van der Waals surface area contributed by atoms with Crippen molar-refractivity contribution in [2.75, 3.05) is 5.73 Å². The third kappa shape index (κ3) is 2.67. The first-order valence-corrected chi connectivity index (χ1v) is 8.27. The number of anilines is 1. The Morgan fingerprint density at radius 3 is 2.67 bits per heavy atom. The highest BCUT2D eigenvalue weighted by molar-refractivity contribution is 8.15. The van der Waals surface area contributed by atoms with Gasteiger partial charge >= 0.3 is 0 Å². The fourth-order valence-electron chi connectivity index (χ4n) is 2.97. The van der Waals surface area contributed by atoms with Gasteiger partial charge < -0.3 is 5.73 Å². The lowest BCUT2D eigenvalue weighted by molar-refractivity contribution is -0.137. The van der Waals surface area contributed by atoms with Crippen LogP contribution in [0.3, 0.4) is 0 Å². The molecule has 0 unspecified atom stereocenters. The SMILES string of the molecule is CC1(C)SC(c2ccccc2N)=NN1C(=O)C1CCCC1. The van der Waals surface area contributed by atoms with Crippen molar-refractivity contribution in [1.29, 1.82) is 0 Å². The van der Waals surface area contributed by atoms with Crippen molar-refractivity contribution in [3.8, 4) is 0 Å². The van der Waals surface area contributed by atoms with Crippen molar-refractivity contribution < 1.29 is 4.79 Å². The predicted molar refractivity (Wildman–Crippen MR) is 87.9 cm³/mol. The van der Waals surface area contributed by atoms with Crippen LogP contribution in [0, 0.1) is 5.92 Å². The molecule has 112 valence electrons. The fraction of sp³-hybridized carbons (Fsp3) is 0.500. The number of hydrogen-bond donors (Lipinski definition) is 1. The van der Waals surface area contributed by atoms with Gasteiger partial charge in [-0.05, 0) is 32.8 Å². The Bertz CT molecular complexity index is 591. The molecule has 1 amide bonds. The monoisotopic (exact) mass is 303 g/mol. The van der Waals surface area contributed by atoms with E-state index in [9.17, 15) is 4.79 Å². The van der Waals surface area contributed by atoms with Gasteiger partial charge in [0.15, 0.2) is 0 Å². The minimum atomic E-state index is -0.350. The molecule has 0 aromatic heterocycles. The average molecular weight is 303 g/mol. The molecule has 1 aromatic rings. The Labute approximate surface area is 129 Å². The molecule has 1 fully saturated rings. The summed E-state index contributed by atoms with van der Waals surface area (Å²) >= 11 is 1.61. The normalized spacial score (nSPS) is 21.6. The molecule has 21 heavy (non-hydrogen) atoms. The van der Waals surface area contributed by atoms with Crippen LogP contribution in [0.25, 0.3) is 0 Å². The van der Waals surface area contributed by atoms with E-state index in [0.717, 1.165) is 36.3 Å². The van der Waals surface area contributed by atoms with E-state index in [-0.39, 0.29) is 16.7 Å². The topological polar surface area (TPSA) is 58.7 Å². The second-order valence-corrected chi connectivity index (χ2v) is 7.76. The molecule has 2 aliphatic rings. The molecule has 5 heteroatoms. The summed E-state index contributed by atoms with van der Waals surface area (Å²) in [6.45, 7) is 4.08. The Balaban J connectivity index is 1.90. The van der Waals surface area contributed by atoms with Crippen LogP contribution >= 0.6 is 11.8 Å². The quantitative estimate of drug-likeness (QED) is 0.852. The number of hydrazone groups is 1. The van der Waals surface area contributed by atoms with Gasteiger partial charge in [0.2, 0.25) is 5.91 Å². The molecular weight excluding hydrogens is 282 g/mol. The summed E-state index contributed by atoms with van der Waals surface area (Å²) in [4.78, 5) is 12.3. The van der Waals surface area contributed by atoms with Crippen molar-refractivity contribution in [3.63, 3.8) is 0 Å². The number of nitrogens with zero attached hydrogens (tertiary/aromatic N) is 2. The van der Waals surface area contributed by atoms with Crippen LogP contribution in [0.15, 0.2) is 29.4 Å². The summed E-state index contributed by atoms with van der Waals surface area (Å²) in [6.07, 6.45) is 4.29. The number of rotatable bonds is 2. The maximum absolute atomic E-state index is 12.7. The molecule has 1 aliphatic carbocycles. The van der Waals surface area contributed by atoms with E-state index in [2.05, 4.69) is 5.10 Å². The number of nitrogen functional groups attached to an aromatic ring is 1. The Morgan fingerprint density at radius 1 is 1.33 bits per heavy atom. The summed E-state index contributed by atoms with van der Waals surface area (Å²) < 4.78 is 0. The van der Waals surface area contributed by atoms with Crippen molar-refractivity contribution in [1.82, 2.24) is 5.01 Å². The Morgan fingerprint density at radius 2 is 2.00 bits per heavy atom. The van der Waals surface area contributed by atoms with Crippen LogP contribution in [0.2, 0.25) is 0 Å². The van der Waals surface area contributed by atoms with Gasteiger partial charge in [-0.2, -0.15) is 5.10 Å². The van der Waals surface area contributed by atoms with Gasteiger partial charge in [0.05, 0.1) is 0 Å². The highest BCUT2D eigenvalue weighted by Gasteiger charge is 2.42. The van der Waals surface area contributed by atoms with Gasteiger partial charge in [-0.1, -0.05) is 42.8 Å². The average Bonchev–Trinajstić information content (AvgIpc) is 3.06. The van der Waals surface area contributed by atoms with E-state index in [1.165, 1.54) is 0 Å². The van der Waals surface area contributed by atoms with Crippen molar-refractivity contribution in [3.05, 3.63) is 29.8 Å². The maximum atomic E-state index is 12.7. The number of nitrogens with two attached hydrogens (primary N) is 1. The standard InChI is InChI=1S/C16H21N3OS/c1-16(2)19(15(20)11-7-3-4-8-11)18-14(21-16)12-9-5-6-10-13(12)17/h5-6,9-11H,3-4,7-8,17H2,1-2H3. The third-order valence-electron chi connectivity index (χ3n) is 4.15. The molecule has 4 nitrogen and oxygen atoms in total. The fourth-order valence-corrected chi connectivity index (χ4v) is 4.08. The lowest BCUT2D eigenvalue weighted by Crippen LogP contribution is -2.41. The van der Waals surface area contributed by atoms with Gasteiger partial charge in [0, 0.05) is 17.2 Å². The minimum absolute atomic E-state index is 0.140. The van der Waals surface area contributed by atoms with E-state index in [0.29, 0.717) is 5.69 Å². The minimum Gasteiger partial charge on any atom is -0.398 e. The van der Waals surface area contributed by atoms with Crippen LogP contribution in [0.1, 0.15) is 45.1 Å². The van der Waals surface area contributed by atoms with Crippen LogP contribution in [0.4, 0.5) is 5.69 Å². The number of benzene rings is 1. The first-order chi connectivity index (χ1) is 9.99. The number of amides is 1. The van der Waals surface area contributed by atoms with E-state index in [4.69, 9.17) is 5.73 Å². The number of hydrogen-bond acceptors (Lipinski definition) is 4. The Kier molecular flexibility index (Phi) is 3.69. The maximum Gasteiger partial charge on any atom is 0.247 e. The lowest BCUT2D eigenvalue weighted by Gasteiger charge is -2.29.